The van der Waals surface area contributed by atoms with Gasteiger partial charge in [-0.25, -0.2) is 0 Å². The minimum absolute atomic E-state index is 0.00917. The van der Waals surface area contributed by atoms with Crippen LogP contribution in [0.25, 0.3) is 0 Å². The molecule has 20 heavy (non-hydrogen) atoms. The Hall–Kier alpha value is -1.43. The minimum Gasteiger partial charge on any atom is -0.497 e. The third kappa shape index (κ3) is 3.00. The predicted molar refractivity (Wildman–Crippen MR) is 69.4 cm³/mol. The molecular formula is C14H18F3NO2. The van der Waals surface area contributed by atoms with Crippen LogP contribution in [-0.4, -0.2) is 27.3 Å². The molecule has 1 aliphatic heterocycles. The first-order valence-electron chi connectivity index (χ1n) is 6.51. The number of hydrogen-bond acceptors (Lipinski definition) is 3. The van der Waals surface area contributed by atoms with Crippen molar-refractivity contribution in [3.8, 4) is 11.5 Å². The van der Waals surface area contributed by atoms with Gasteiger partial charge in [0.15, 0.2) is 0 Å². The van der Waals surface area contributed by atoms with E-state index in [1.54, 1.807) is 6.07 Å². The topological polar surface area (TPSA) is 30.5 Å². The molecule has 112 valence electrons. The molecule has 0 saturated carbocycles. The fourth-order valence-corrected chi connectivity index (χ4v) is 2.60. The largest absolute Gasteiger partial charge is 0.497 e. The molecule has 6 heteroatoms. The molecule has 1 aromatic carbocycles. The second-order valence-corrected chi connectivity index (χ2v) is 4.84. The average Bonchev–Trinajstić information content (AvgIpc) is 2.45. The van der Waals surface area contributed by atoms with Gasteiger partial charge in [-0.15, -0.1) is 0 Å². The van der Waals surface area contributed by atoms with E-state index in [1.807, 2.05) is 0 Å². The van der Waals surface area contributed by atoms with Crippen molar-refractivity contribution in [1.29, 1.82) is 0 Å². The van der Waals surface area contributed by atoms with Crippen LogP contribution in [0.5, 0.6) is 11.5 Å². The molecule has 1 aromatic rings. The Bertz CT molecular complexity index is 468. The lowest BCUT2D eigenvalue weighted by atomic mass is 9.89. The Balaban J connectivity index is 2.53. The van der Waals surface area contributed by atoms with Gasteiger partial charge in [0.2, 0.25) is 0 Å². The first-order chi connectivity index (χ1) is 9.47. The highest BCUT2D eigenvalue weighted by molar-refractivity contribution is 5.50. The van der Waals surface area contributed by atoms with E-state index in [0.29, 0.717) is 12.1 Å². The Kier molecular flexibility index (Phi) is 4.42. The summed E-state index contributed by atoms with van der Waals surface area (Å²) in [5, 5.41) is 3.20. The van der Waals surface area contributed by atoms with Gasteiger partial charge in [-0.05, 0) is 31.5 Å². The number of rotatable bonds is 3. The average molecular weight is 289 g/mol. The van der Waals surface area contributed by atoms with E-state index in [4.69, 9.17) is 9.47 Å². The zero-order valence-electron chi connectivity index (χ0n) is 11.5. The highest BCUT2D eigenvalue weighted by Crippen LogP contribution is 2.44. The number of ether oxygens (including phenoxy) is 2. The van der Waals surface area contributed by atoms with Gasteiger partial charge in [0, 0.05) is 18.0 Å². The fraction of sp³-hybridized carbons (Fsp3) is 0.571. The van der Waals surface area contributed by atoms with Crippen molar-refractivity contribution in [3.05, 3.63) is 23.3 Å². The maximum atomic E-state index is 13.1. The molecule has 0 radical (unpaired) electrons. The van der Waals surface area contributed by atoms with Crippen molar-refractivity contribution in [3.63, 3.8) is 0 Å². The number of alkyl halides is 3. The van der Waals surface area contributed by atoms with Crippen LogP contribution in [0.3, 0.4) is 0 Å². The van der Waals surface area contributed by atoms with Gasteiger partial charge in [0.1, 0.15) is 17.1 Å². The van der Waals surface area contributed by atoms with E-state index >= 15 is 0 Å². The van der Waals surface area contributed by atoms with Crippen molar-refractivity contribution < 1.29 is 22.6 Å². The molecule has 0 aliphatic carbocycles. The molecule has 0 spiro atoms. The van der Waals surface area contributed by atoms with Crippen LogP contribution in [0, 0.1) is 0 Å². The summed E-state index contributed by atoms with van der Waals surface area (Å²) in [6.45, 7) is 1.55. The van der Waals surface area contributed by atoms with E-state index in [9.17, 15) is 13.2 Å². The van der Waals surface area contributed by atoms with Gasteiger partial charge in [-0.2, -0.15) is 13.2 Å². The lowest BCUT2D eigenvalue weighted by Crippen LogP contribution is -2.29. The maximum Gasteiger partial charge on any atom is 0.420 e. The van der Waals surface area contributed by atoms with Crippen LogP contribution in [0.2, 0.25) is 0 Å². The van der Waals surface area contributed by atoms with Crippen molar-refractivity contribution in [1.82, 2.24) is 5.32 Å². The molecule has 0 aromatic heterocycles. The SMILES string of the molecule is COc1cc(C2CCCNC2)c(OC)c(C(F)(F)F)c1. The predicted octanol–water partition coefficient (Wildman–Crippen LogP) is 3.19. The van der Waals surface area contributed by atoms with Crippen LogP contribution in [0.1, 0.15) is 29.9 Å². The van der Waals surface area contributed by atoms with E-state index in [-0.39, 0.29) is 17.4 Å². The number of halogens is 3. The molecule has 1 aliphatic rings. The summed E-state index contributed by atoms with van der Waals surface area (Å²) in [6.07, 6.45) is -2.68. The van der Waals surface area contributed by atoms with Crippen LogP contribution < -0.4 is 14.8 Å². The summed E-state index contributed by atoms with van der Waals surface area (Å²) >= 11 is 0. The normalized spacial score (nSPS) is 19.8. The number of nitrogens with one attached hydrogen (secondary N) is 1. The molecule has 1 atom stereocenters. The second-order valence-electron chi connectivity index (χ2n) is 4.84. The summed E-state index contributed by atoms with van der Waals surface area (Å²) < 4.78 is 49.5. The van der Waals surface area contributed by atoms with E-state index in [0.717, 1.165) is 25.5 Å². The van der Waals surface area contributed by atoms with E-state index < -0.39 is 11.7 Å². The highest BCUT2D eigenvalue weighted by Gasteiger charge is 2.37. The Morgan fingerprint density at radius 1 is 1.20 bits per heavy atom. The van der Waals surface area contributed by atoms with E-state index in [1.165, 1.54) is 14.2 Å². The zero-order chi connectivity index (χ0) is 14.8. The molecule has 1 heterocycles. The first kappa shape index (κ1) is 15.0. The molecule has 2 rings (SSSR count). The molecule has 1 saturated heterocycles. The molecule has 1 N–H and O–H groups in total. The highest BCUT2D eigenvalue weighted by atomic mass is 19.4. The van der Waals surface area contributed by atoms with Gasteiger partial charge in [0.05, 0.1) is 14.2 Å². The van der Waals surface area contributed by atoms with Crippen LogP contribution in [0.4, 0.5) is 13.2 Å². The standard InChI is InChI=1S/C14H18F3NO2/c1-19-10-6-11(9-4-3-5-18-8-9)13(20-2)12(7-10)14(15,16)17/h6-7,9,18H,3-5,8H2,1-2H3. The monoisotopic (exact) mass is 289 g/mol. The van der Waals surface area contributed by atoms with Gasteiger partial charge in [-0.3, -0.25) is 0 Å². The number of methoxy groups -OCH3 is 2. The van der Waals surface area contributed by atoms with Gasteiger partial charge in [0.25, 0.3) is 0 Å². The smallest absolute Gasteiger partial charge is 0.420 e. The lowest BCUT2D eigenvalue weighted by Gasteiger charge is -2.26. The quantitative estimate of drug-likeness (QED) is 0.927. The zero-order valence-corrected chi connectivity index (χ0v) is 11.5. The van der Waals surface area contributed by atoms with Gasteiger partial charge >= 0.3 is 6.18 Å². The summed E-state index contributed by atoms with van der Waals surface area (Å²) in [7, 11) is 2.64. The number of piperidine rings is 1. The van der Waals surface area contributed by atoms with Crippen LogP contribution in [0.15, 0.2) is 12.1 Å². The minimum atomic E-state index is -4.46. The molecule has 3 nitrogen and oxygen atoms in total. The van der Waals surface area contributed by atoms with Crippen LogP contribution in [-0.2, 0) is 6.18 Å². The summed E-state index contributed by atoms with van der Waals surface area (Å²) in [5.74, 6) is 0.126. The summed E-state index contributed by atoms with van der Waals surface area (Å²) in [6, 6.07) is 2.63. The molecule has 1 fully saturated rings. The Morgan fingerprint density at radius 3 is 2.45 bits per heavy atom. The molecule has 0 amide bonds. The van der Waals surface area contributed by atoms with Gasteiger partial charge < -0.3 is 14.8 Å². The number of hydrogen-bond donors (Lipinski definition) is 1. The van der Waals surface area contributed by atoms with Crippen LogP contribution >= 0.6 is 0 Å². The van der Waals surface area contributed by atoms with Gasteiger partial charge in [-0.1, -0.05) is 0 Å². The van der Waals surface area contributed by atoms with Crippen molar-refractivity contribution in [2.24, 2.45) is 0 Å². The summed E-state index contributed by atoms with van der Waals surface area (Å²) in [4.78, 5) is 0. The molecular weight excluding hydrogens is 271 g/mol. The summed E-state index contributed by atoms with van der Waals surface area (Å²) in [5.41, 5.74) is -0.216. The third-order valence-electron chi connectivity index (χ3n) is 3.57. The van der Waals surface area contributed by atoms with Crippen molar-refractivity contribution >= 4 is 0 Å². The third-order valence-corrected chi connectivity index (χ3v) is 3.57. The Morgan fingerprint density at radius 2 is 1.95 bits per heavy atom. The van der Waals surface area contributed by atoms with Crippen molar-refractivity contribution in [2.75, 3.05) is 27.3 Å². The fourth-order valence-electron chi connectivity index (χ4n) is 2.60. The van der Waals surface area contributed by atoms with Crippen molar-refractivity contribution in [2.45, 2.75) is 24.9 Å². The maximum absolute atomic E-state index is 13.1. The first-order valence-corrected chi connectivity index (χ1v) is 6.51. The van der Waals surface area contributed by atoms with E-state index in [2.05, 4.69) is 5.32 Å². The Labute approximate surface area is 116 Å². The number of benzene rings is 1. The molecule has 1 unspecified atom stereocenters. The lowest BCUT2D eigenvalue weighted by molar-refractivity contribution is -0.138. The molecule has 0 bridgehead atoms. The second kappa shape index (κ2) is 5.91.